The highest BCUT2D eigenvalue weighted by Crippen LogP contribution is 2.42. The second-order valence-corrected chi connectivity index (χ2v) is 9.21. The largest absolute Gasteiger partial charge is 0.493 e. The van der Waals surface area contributed by atoms with E-state index in [4.69, 9.17) is 18.9 Å². The maximum Gasteiger partial charge on any atom is 0.227 e. The number of likely N-dealkylation sites (N-methyl/N-ethyl adjacent to an activating group) is 1. The van der Waals surface area contributed by atoms with Gasteiger partial charge in [0.2, 0.25) is 5.91 Å². The SMILES string of the molecule is Br.COc1cc2c(cc1OC)CC(=O)N(CCCN(C)C[C@H]1Cc3cc(OC)c(OC)cc31)CC2.Cl. The number of halogens is 2. The predicted molar refractivity (Wildman–Crippen MR) is 149 cm³/mol. The maximum atomic E-state index is 12.9. The molecule has 7 nitrogen and oxygen atoms in total. The number of carbonyl (C=O) groups is 1. The number of hydrogen-bond acceptors (Lipinski definition) is 6. The first kappa shape index (κ1) is 30.1. The van der Waals surface area contributed by atoms with Gasteiger partial charge in [-0.05, 0) is 79.4 Å². The minimum atomic E-state index is 0. The Morgan fingerprint density at radius 1 is 0.889 bits per heavy atom. The van der Waals surface area contributed by atoms with Crippen molar-refractivity contribution in [3.63, 3.8) is 0 Å². The third kappa shape index (κ3) is 6.39. The standard InChI is InChI=1S/C27H36N2O5.BrH.ClH/c1-28(17-21-11-20-14-25(33-4)26(34-5)16-22(20)21)8-6-9-29-10-7-18-12-23(31-2)24(32-3)13-19(18)15-27(29)30;;/h12-14,16,21H,6-11,15,17H2,1-5H3;2*1H/t21-;;/m1../s1. The summed E-state index contributed by atoms with van der Waals surface area (Å²) in [7, 11) is 8.79. The second-order valence-electron chi connectivity index (χ2n) is 9.21. The molecule has 0 radical (unpaired) electrons. The van der Waals surface area contributed by atoms with Gasteiger partial charge in [0.05, 0.1) is 34.9 Å². The number of benzene rings is 2. The quantitative estimate of drug-likeness (QED) is 0.414. The van der Waals surface area contributed by atoms with E-state index in [9.17, 15) is 4.79 Å². The average Bonchev–Trinajstić information content (AvgIpc) is 2.98. The molecule has 200 valence electrons. The van der Waals surface area contributed by atoms with Crippen molar-refractivity contribution in [3.05, 3.63) is 46.5 Å². The van der Waals surface area contributed by atoms with E-state index < -0.39 is 0 Å². The first-order chi connectivity index (χ1) is 16.5. The Kier molecular flexibility index (Phi) is 11.2. The number of carbonyl (C=O) groups excluding carboxylic acids is 1. The lowest BCUT2D eigenvalue weighted by atomic mass is 9.77. The van der Waals surface area contributed by atoms with Crippen molar-refractivity contribution in [3.8, 4) is 23.0 Å². The molecule has 0 fully saturated rings. The van der Waals surface area contributed by atoms with Crippen LogP contribution in [0.3, 0.4) is 0 Å². The molecule has 1 amide bonds. The zero-order chi connectivity index (χ0) is 24.2. The number of hydrogen-bond donors (Lipinski definition) is 0. The summed E-state index contributed by atoms with van der Waals surface area (Å²) in [6, 6.07) is 8.18. The van der Waals surface area contributed by atoms with Crippen LogP contribution in [-0.2, 0) is 24.1 Å². The molecule has 2 aliphatic rings. The number of rotatable bonds is 10. The van der Waals surface area contributed by atoms with Crippen LogP contribution in [0.25, 0.3) is 0 Å². The molecule has 0 saturated heterocycles. The highest BCUT2D eigenvalue weighted by molar-refractivity contribution is 8.93. The highest BCUT2D eigenvalue weighted by atomic mass is 79.9. The van der Waals surface area contributed by atoms with Crippen LogP contribution in [0.1, 0.15) is 34.6 Å². The lowest BCUT2D eigenvalue weighted by molar-refractivity contribution is -0.130. The summed E-state index contributed by atoms with van der Waals surface area (Å²) >= 11 is 0. The van der Waals surface area contributed by atoms with E-state index in [1.54, 1.807) is 28.4 Å². The van der Waals surface area contributed by atoms with Gasteiger partial charge in [-0.25, -0.2) is 0 Å². The molecule has 1 atom stereocenters. The summed E-state index contributed by atoms with van der Waals surface area (Å²) in [5.41, 5.74) is 4.91. The smallest absolute Gasteiger partial charge is 0.227 e. The van der Waals surface area contributed by atoms with E-state index in [0.29, 0.717) is 18.1 Å². The van der Waals surface area contributed by atoms with Gasteiger partial charge in [0, 0.05) is 25.6 Å². The van der Waals surface area contributed by atoms with Crippen LogP contribution in [0.4, 0.5) is 0 Å². The zero-order valence-corrected chi connectivity index (χ0v) is 24.3. The topological polar surface area (TPSA) is 60.5 Å². The normalized spacial score (nSPS) is 16.0. The first-order valence-electron chi connectivity index (χ1n) is 11.9. The van der Waals surface area contributed by atoms with Crippen molar-refractivity contribution in [1.82, 2.24) is 9.80 Å². The van der Waals surface area contributed by atoms with E-state index in [2.05, 4.69) is 24.1 Å². The minimum Gasteiger partial charge on any atom is -0.493 e. The third-order valence-corrected chi connectivity index (χ3v) is 7.10. The van der Waals surface area contributed by atoms with Crippen LogP contribution in [0.5, 0.6) is 23.0 Å². The maximum absolute atomic E-state index is 12.9. The summed E-state index contributed by atoms with van der Waals surface area (Å²) in [5.74, 6) is 3.69. The molecule has 2 aromatic rings. The van der Waals surface area contributed by atoms with E-state index in [1.165, 1.54) is 16.7 Å². The van der Waals surface area contributed by atoms with Gasteiger partial charge < -0.3 is 28.7 Å². The highest BCUT2D eigenvalue weighted by Gasteiger charge is 2.29. The molecule has 2 aromatic carbocycles. The van der Waals surface area contributed by atoms with Gasteiger partial charge in [0.25, 0.3) is 0 Å². The van der Waals surface area contributed by atoms with Crippen LogP contribution >= 0.6 is 29.4 Å². The molecule has 1 aliphatic heterocycles. The number of amides is 1. The van der Waals surface area contributed by atoms with Gasteiger partial charge in [0.15, 0.2) is 23.0 Å². The Bertz CT molecular complexity index is 1050. The van der Waals surface area contributed by atoms with Crippen LogP contribution in [0.2, 0.25) is 0 Å². The lowest BCUT2D eigenvalue weighted by Gasteiger charge is -2.34. The fourth-order valence-corrected chi connectivity index (χ4v) is 5.15. The molecule has 0 spiro atoms. The van der Waals surface area contributed by atoms with Crippen LogP contribution in [0.15, 0.2) is 24.3 Å². The number of methoxy groups -OCH3 is 4. The van der Waals surface area contributed by atoms with Gasteiger partial charge in [-0.15, -0.1) is 29.4 Å². The molecule has 36 heavy (non-hydrogen) atoms. The lowest BCUT2D eigenvalue weighted by Crippen LogP contribution is -2.36. The van der Waals surface area contributed by atoms with Crippen molar-refractivity contribution in [2.45, 2.75) is 31.6 Å². The number of ether oxygens (including phenoxy) is 4. The van der Waals surface area contributed by atoms with Crippen molar-refractivity contribution in [1.29, 1.82) is 0 Å². The Morgan fingerprint density at radius 3 is 2.06 bits per heavy atom. The summed E-state index contributed by atoms with van der Waals surface area (Å²) in [4.78, 5) is 17.3. The molecule has 9 heteroatoms. The molecular weight excluding hydrogens is 548 g/mol. The fraction of sp³-hybridized carbons (Fsp3) is 0.519. The van der Waals surface area contributed by atoms with Gasteiger partial charge in [-0.1, -0.05) is 0 Å². The van der Waals surface area contributed by atoms with Crippen LogP contribution in [-0.4, -0.2) is 77.4 Å². The van der Waals surface area contributed by atoms with E-state index >= 15 is 0 Å². The van der Waals surface area contributed by atoms with E-state index in [-0.39, 0.29) is 35.3 Å². The Labute approximate surface area is 231 Å². The van der Waals surface area contributed by atoms with Crippen molar-refractivity contribution in [2.75, 3.05) is 61.7 Å². The van der Waals surface area contributed by atoms with Crippen molar-refractivity contribution >= 4 is 35.3 Å². The Morgan fingerprint density at radius 2 is 1.44 bits per heavy atom. The molecule has 0 N–H and O–H groups in total. The Hall–Kier alpha value is -2.16. The van der Waals surface area contributed by atoms with Crippen LogP contribution < -0.4 is 18.9 Å². The molecule has 1 aliphatic carbocycles. The Balaban J connectivity index is 0.00000228. The molecule has 0 unspecified atom stereocenters. The molecule has 0 aromatic heterocycles. The third-order valence-electron chi connectivity index (χ3n) is 7.10. The average molecular weight is 586 g/mol. The molecular formula is C27H38BrClN2O5. The number of fused-ring (bicyclic) bond motifs is 2. The summed E-state index contributed by atoms with van der Waals surface area (Å²) < 4.78 is 21.7. The molecule has 0 saturated carbocycles. The molecule has 0 bridgehead atoms. The second kappa shape index (κ2) is 13.4. The van der Waals surface area contributed by atoms with E-state index in [1.807, 2.05) is 17.0 Å². The molecule has 4 rings (SSSR count). The van der Waals surface area contributed by atoms with Crippen molar-refractivity contribution in [2.24, 2.45) is 0 Å². The predicted octanol–water partition coefficient (Wildman–Crippen LogP) is 4.31. The summed E-state index contributed by atoms with van der Waals surface area (Å²) in [6.45, 7) is 3.47. The summed E-state index contributed by atoms with van der Waals surface area (Å²) in [6.07, 6.45) is 3.27. The van der Waals surface area contributed by atoms with Gasteiger partial charge in [-0.3, -0.25) is 4.79 Å². The fourth-order valence-electron chi connectivity index (χ4n) is 5.15. The minimum absolute atomic E-state index is 0. The van der Waals surface area contributed by atoms with Crippen molar-refractivity contribution < 1.29 is 23.7 Å². The van der Waals surface area contributed by atoms with E-state index in [0.717, 1.165) is 68.3 Å². The van der Waals surface area contributed by atoms with Gasteiger partial charge in [-0.2, -0.15) is 0 Å². The monoisotopic (exact) mass is 584 g/mol. The number of nitrogens with zero attached hydrogens (tertiary/aromatic N) is 2. The zero-order valence-electron chi connectivity index (χ0n) is 21.8. The first-order valence-corrected chi connectivity index (χ1v) is 11.9. The van der Waals surface area contributed by atoms with Gasteiger partial charge >= 0.3 is 0 Å². The summed E-state index contributed by atoms with van der Waals surface area (Å²) in [5, 5.41) is 0. The van der Waals surface area contributed by atoms with Crippen LogP contribution in [0, 0.1) is 0 Å². The van der Waals surface area contributed by atoms with Gasteiger partial charge in [0.1, 0.15) is 0 Å². The molecule has 1 heterocycles.